The minimum Gasteiger partial charge on any atom is -0.481 e. The van der Waals surface area contributed by atoms with Crippen LogP contribution in [-0.4, -0.2) is 11.1 Å². The van der Waals surface area contributed by atoms with Crippen LogP contribution >= 0.6 is 0 Å². The van der Waals surface area contributed by atoms with Gasteiger partial charge in [0.2, 0.25) is 0 Å². The van der Waals surface area contributed by atoms with Crippen molar-refractivity contribution in [1.82, 2.24) is 0 Å². The quantitative estimate of drug-likeness (QED) is 0.763. The molecule has 0 saturated carbocycles. The maximum atomic E-state index is 11.1. The van der Waals surface area contributed by atoms with Gasteiger partial charge in [-0.25, -0.2) is 0 Å². The number of benzene rings is 1. The molecule has 2 rings (SSSR count). The molecule has 80 valence electrons. The van der Waals surface area contributed by atoms with E-state index in [-0.39, 0.29) is 5.92 Å². The molecule has 1 aliphatic carbocycles. The van der Waals surface area contributed by atoms with Gasteiger partial charge in [0.1, 0.15) is 0 Å². The van der Waals surface area contributed by atoms with E-state index in [4.69, 9.17) is 5.11 Å². The highest BCUT2D eigenvalue weighted by Crippen LogP contribution is 2.38. The van der Waals surface area contributed by atoms with Crippen LogP contribution in [0.3, 0.4) is 0 Å². The maximum Gasteiger partial charge on any atom is 0.310 e. The molecule has 0 aliphatic heterocycles. The van der Waals surface area contributed by atoms with Crippen LogP contribution in [0.2, 0.25) is 0 Å². The van der Waals surface area contributed by atoms with Crippen LogP contribution in [0.4, 0.5) is 0 Å². The molecule has 2 heteroatoms. The average Bonchev–Trinajstić information content (AvgIpc) is 2.19. The predicted molar refractivity (Wildman–Crippen MR) is 59.2 cm³/mol. The first-order valence-electron chi connectivity index (χ1n) is 5.43. The van der Waals surface area contributed by atoms with Crippen molar-refractivity contribution in [3.8, 4) is 0 Å². The molecule has 0 amide bonds. The molecule has 0 heterocycles. The van der Waals surface area contributed by atoms with E-state index in [2.05, 4.69) is 19.9 Å². The van der Waals surface area contributed by atoms with Crippen LogP contribution in [-0.2, 0) is 4.79 Å². The largest absolute Gasteiger partial charge is 0.481 e. The Morgan fingerprint density at radius 2 is 2.07 bits per heavy atom. The van der Waals surface area contributed by atoms with Gasteiger partial charge < -0.3 is 5.11 Å². The first kappa shape index (κ1) is 10.2. The summed E-state index contributed by atoms with van der Waals surface area (Å²) >= 11 is 0. The molecule has 2 unspecified atom stereocenters. The lowest BCUT2D eigenvalue weighted by Crippen LogP contribution is -2.19. The highest BCUT2D eigenvalue weighted by Gasteiger charge is 2.29. The Kier molecular flexibility index (Phi) is 2.51. The number of fused-ring (bicyclic) bond motifs is 1. The summed E-state index contributed by atoms with van der Waals surface area (Å²) in [5.74, 6) is -0.487. The molecule has 1 aromatic rings. The molecule has 0 bridgehead atoms. The van der Waals surface area contributed by atoms with Crippen molar-refractivity contribution in [2.24, 2.45) is 0 Å². The van der Waals surface area contributed by atoms with Gasteiger partial charge in [0, 0.05) is 0 Å². The van der Waals surface area contributed by atoms with Gasteiger partial charge in [0.15, 0.2) is 0 Å². The SMILES string of the molecule is Cc1ccc2c(c1)C(C)CCC2C(=O)O. The van der Waals surface area contributed by atoms with Gasteiger partial charge in [-0.15, -0.1) is 0 Å². The third-order valence-electron chi connectivity index (χ3n) is 3.34. The van der Waals surface area contributed by atoms with Crippen LogP contribution < -0.4 is 0 Å². The number of carboxylic acids is 1. The smallest absolute Gasteiger partial charge is 0.310 e. The Balaban J connectivity index is 2.50. The van der Waals surface area contributed by atoms with Gasteiger partial charge in [0.05, 0.1) is 5.92 Å². The van der Waals surface area contributed by atoms with E-state index < -0.39 is 5.97 Å². The zero-order valence-corrected chi connectivity index (χ0v) is 9.16. The Morgan fingerprint density at radius 1 is 1.33 bits per heavy atom. The summed E-state index contributed by atoms with van der Waals surface area (Å²) in [6, 6.07) is 6.13. The minimum atomic E-state index is -0.688. The van der Waals surface area contributed by atoms with Gasteiger partial charge in [-0.2, -0.15) is 0 Å². The van der Waals surface area contributed by atoms with E-state index in [1.807, 2.05) is 12.1 Å². The van der Waals surface area contributed by atoms with Crippen molar-refractivity contribution in [1.29, 1.82) is 0 Å². The van der Waals surface area contributed by atoms with Gasteiger partial charge >= 0.3 is 5.97 Å². The molecule has 1 aromatic carbocycles. The lowest BCUT2D eigenvalue weighted by Gasteiger charge is -2.27. The van der Waals surface area contributed by atoms with Crippen molar-refractivity contribution in [3.05, 3.63) is 34.9 Å². The van der Waals surface area contributed by atoms with E-state index in [0.29, 0.717) is 5.92 Å². The fraction of sp³-hybridized carbons (Fsp3) is 0.462. The summed E-state index contributed by atoms with van der Waals surface area (Å²) in [6.07, 6.45) is 1.75. The molecule has 0 spiro atoms. The highest BCUT2D eigenvalue weighted by atomic mass is 16.4. The molecular weight excluding hydrogens is 188 g/mol. The average molecular weight is 204 g/mol. The van der Waals surface area contributed by atoms with Crippen molar-refractivity contribution in [2.45, 2.75) is 38.5 Å². The third-order valence-corrected chi connectivity index (χ3v) is 3.34. The van der Waals surface area contributed by atoms with E-state index in [9.17, 15) is 4.79 Å². The Morgan fingerprint density at radius 3 is 2.73 bits per heavy atom. The molecule has 0 saturated heterocycles. The fourth-order valence-electron chi connectivity index (χ4n) is 2.42. The second-order valence-corrected chi connectivity index (χ2v) is 4.50. The standard InChI is InChI=1S/C13H16O2/c1-8-3-5-10-11(13(14)15)6-4-9(2)12(10)7-8/h3,5,7,9,11H,4,6H2,1-2H3,(H,14,15). The van der Waals surface area contributed by atoms with Gasteiger partial charge in [-0.05, 0) is 36.8 Å². The summed E-state index contributed by atoms with van der Waals surface area (Å²) < 4.78 is 0. The van der Waals surface area contributed by atoms with Crippen LogP contribution in [0.5, 0.6) is 0 Å². The predicted octanol–water partition coefficient (Wildman–Crippen LogP) is 3.06. The maximum absolute atomic E-state index is 11.1. The number of carbonyl (C=O) groups is 1. The molecule has 1 aliphatic rings. The van der Waals surface area contributed by atoms with E-state index in [1.54, 1.807) is 0 Å². The Bertz CT molecular complexity index is 396. The monoisotopic (exact) mass is 204 g/mol. The van der Waals surface area contributed by atoms with Crippen molar-refractivity contribution in [2.75, 3.05) is 0 Å². The number of aryl methyl sites for hydroxylation is 1. The molecule has 0 fully saturated rings. The first-order chi connectivity index (χ1) is 7.09. The Labute approximate surface area is 89.9 Å². The molecule has 15 heavy (non-hydrogen) atoms. The number of hydrogen-bond acceptors (Lipinski definition) is 1. The second-order valence-electron chi connectivity index (χ2n) is 4.50. The summed E-state index contributed by atoms with van der Waals surface area (Å²) in [6.45, 7) is 4.23. The van der Waals surface area contributed by atoms with E-state index in [0.717, 1.165) is 18.4 Å². The summed E-state index contributed by atoms with van der Waals surface area (Å²) in [5, 5.41) is 9.14. The molecular formula is C13H16O2. The number of rotatable bonds is 1. The van der Waals surface area contributed by atoms with Crippen LogP contribution in [0.25, 0.3) is 0 Å². The molecule has 0 aromatic heterocycles. The van der Waals surface area contributed by atoms with Crippen molar-refractivity contribution < 1.29 is 9.90 Å². The van der Waals surface area contributed by atoms with Gasteiger partial charge in [0.25, 0.3) is 0 Å². The minimum absolute atomic E-state index is 0.295. The lowest BCUT2D eigenvalue weighted by molar-refractivity contribution is -0.139. The van der Waals surface area contributed by atoms with Crippen LogP contribution in [0.15, 0.2) is 18.2 Å². The number of aliphatic carboxylic acids is 1. The first-order valence-corrected chi connectivity index (χ1v) is 5.43. The zero-order chi connectivity index (χ0) is 11.0. The third kappa shape index (κ3) is 1.76. The summed E-state index contributed by atoms with van der Waals surface area (Å²) in [5.41, 5.74) is 3.46. The topological polar surface area (TPSA) is 37.3 Å². The number of carboxylic acid groups (broad SMARTS) is 1. The number of hydrogen-bond donors (Lipinski definition) is 1. The van der Waals surface area contributed by atoms with Crippen LogP contribution in [0.1, 0.15) is 48.3 Å². The Hall–Kier alpha value is -1.31. The lowest BCUT2D eigenvalue weighted by atomic mass is 9.77. The highest BCUT2D eigenvalue weighted by molar-refractivity contribution is 5.77. The fourth-order valence-corrected chi connectivity index (χ4v) is 2.42. The molecule has 2 atom stereocenters. The van der Waals surface area contributed by atoms with Crippen LogP contribution in [0, 0.1) is 6.92 Å². The van der Waals surface area contributed by atoms with E-state index >= 15 is 0 Å². The van der Waals surface area contributed by atoms with E-state index in [1.165, 1.54) is 11.1 Å². The van der Waals surface area contributed by atoms with Crippen molar-refractivity contribution >= 4 is 5.97 Å². The van der Waals surface area contributed by atoms with Gasteiger partial charge in [-0.1, -0.05) is 30.7 Å². The van der Waals surface area contributed by atoms with Crippen molar-refractivity contribution in [3.63, 3.8) is 0 Å². The van der Waals surface area contributed by atoms with Gasteiger partial charge in [-0.3, -0.25) is 4.79 Å². The zero-order valence-electron chi connectivity index (χ0n) is 9.16. The molecule has 2 nitrogen and oxygen atoms in total. The normalized spacial score (nSPS) is 24.7. The molecule has 1 N–H and O–H groups in total. The summed E-state index contributed by atoms with van der Waals surface area (Å²) in [4.78, 5) is 11.1. The molecule has 0 radical (unpaired) electrons. The second kappa shape index (κ2) is 3.69. The summed E-state index contributed by atoms with van der Waals surface area (Å²) in [7, 11) is 0.